The van der Waals surface area contributed by atoms with Gasteiger partial charge in [0.2, 0.25) is 5.91 Å². The summed E-state index contributed by atoms with van der Waals surface area (Å²) < 4.78 is 0. The first-order valence-corrected chi connectivity index (χ1v) is 8.60. The monoisotopic (exact) mass is 320 g/mol. The smallest absolute Gasteiger partial charge is 0.318 e. The van der Waals surface area contributed by atoms with Crippen molar-refractivity contribution in [3.05, 3.63) is 0 Å². The molecule has 2 heterocycles. The Morgan fingerprint density at radius 1 is 1.09 bits per heavy atom. The third-order valence-electron chi connectivity index (χ3n) is 4.88. The van der Waals surface area contributed by atoms with Crippen LogP contribution in [-0.4, -0.2) is 79.0 Å². The molecule has 0 saturated carbocycles. The quantitative estimate of drug-likeness (QED) is 0.772. The lowest BCUT2D eigenvalue weighted by molar-refractivity contribution is -0.134. The van der Waals surface area contributed by atoms with E-state index < -0.39 is 0 Å². The van der Waals surface area contributed by atoms with E-state index >= 15 is 0 Å². The number of nitrogens with zero attached hydrogens (tertiary/aromatic N) is 3. The molecule has 0 bridgehead atoms. The molecule has 2 fully saturated rings. The molecular weight excluding hydrogens is 292 g/mol. The SMILES string of the molecule is C#CCNC(=O)N1CCC(CC(=O)N2CCN(CC)CC2)CC1. The maximum Gasteiger partial charge on any atom is 0.318 e. The number of hydrogen-bond acceptors (Lipinski definition) is 3. The standard InChI is InChI=1S/C17H28N4O2/c1-3-7-18-17(23)21-8-5-15(6-9-21)14-16(22)20-12-10-19(4-2)11-13-20/h1,15H,4-14H2,2H3,(H,18,23). The van der Waals surface area contributed by atoms with Gasteiger partial charge in [0.15, 0.2) is 0 Å². The van der Waals surface area contributed by atoms with Crippen LogP contribution in [0.5, 0.6) is 0 Å². The molecule has 0 aromatic heterocycles. The average molecular weight is 320 g/mol. The van der Waals surface area contributed by atoms with Crippen LogP contribution in [0.3, 0.4) is 0 Å². The molecule has 128 valence electrons. The molecule has 3 amide bonds. The van der Waals surface area contributed by atoms with Gasteiger partial charge < -0.3 is 20.0 Å². The van der Waals surface area contributed by atoms with Crippen molar-refractivity contribution in [3.63, 3.8) is 0 Å². The third-order valence-corrected chi connectivity index (χ3v) is 4.88. The minimum Gasteiger partial charge on any atom is -0.340 e. The van der Waals surface area contributed by atoms with Gasteiger partial charge >= 0.3 is 6.03 Å². The van der Waals surface area contributed by atoms with Gasteiger partial charge in [-0.2, -0.15) is 0 Å². The maximum atomic E-state index is 12.4. The molecule has 2 aliphatic rings. The molecule has 0 aliphatic carbocycles. The van der Waals surface area contributed by atoms with Gasteiger partial charge in [0.05, 0.1) is 6.54 Å². The van der Waals surface area contributed by atoms with E-state index in [9.17, 15) is 9.59 Å². The second kappa shape index (κ2) is 8.78. The molecule has 0 radical (unpaired) electrons. The second-order valence-corrected chi connectivity index (χ2v) is 6.31. The summed E-state index contributed by atoms with van der Waals surface area (Å²) >= 11 is 0. The number of terminal acetylenes is 1. The lowest BCUT2D eigenvalue weighted by atomic mass is 9.93. The Morgan fingerprint density at radius 3 is 2.30 bits per heavy atom. The first-order valence-electron chi connectivity index (χ1n) is 8.60. The van der Waals surface area contributed by atoms with Crippen LogP contribution in [0.25, 0.3) is 0 Å². The number of rotatable bonds is 4. The number of carbonyl (C=O) groups excluding carboxylic acids is 2. The van der Waals surface area contributed by atoms with Crippen molar-refractivity contribution in [1.29, 1.82) is 0 Å². The Kier molecular flexibility index (Phi) is 6.72. The highest BCUT2D eigenvalue weighted by molar-refractivity contribution is 5.77. The van der Waals surface area contributed by atoms with Gasteiger partial charge in [0, 0.05) is 45.7 Å². The summed E-state index contributed by atoms with van der Waals surface area (Å²) in [6, 6.07) is -0.0941. The van der Waals surface area contributed by atoms with Gasteiger partial charge in [-0.15, -0.1) is 6.42 Å². The van der Waals surface area contributed by atoms with E-state index in [1.807, 2.05) is 4.90 Å². The highest BCUT2D eigenvalue weighted by Crippen LogP contribution is 2.21. The summed E-state index contributed by atoms with van der Waals surface area (Å²) in [5, 5.41) is 2.69. The van der Waals surface area contributed by atoms with Crippen molar-refractivity contribution >= 4 is 11.9 Å². The van der Waals surface area contributed by atoms with Crippen molar-refractivity contribution in [2.75, 3.05) is 52.4 Å². The molecule has 0 spiro atoms. The van der Waals surface area contributed by atoms with E-state index in [-0.39, 0.29) is 18.5 Å². The summed E-state index contributed by atoms with van der Waals surface area (Å²) in [5.41, 5.74) is 0. The lowest BCUT2D eigenvalue weighted by Gasteiger charge is -2.36. The van der Waals surface area contributed by atoms with Crippen LogP contribution in [0.1, 0.15) is 26.2 Å². The van der Waals surface area contributed by atoms with Gasteiger partial charge in [0.25, 0.3) is 0 Å². The summed E-state index contributed by atoms with van der Waals surface area (Å²) in [5.74, 6) is 3.07. The van der Waals surface area contributed by atoms with Crippen molar-refractivity contribution in [2.24, 2.45) is 5.92 Å². The fourth-order valence-electron chi connectivity index (χ4n) is 3.27. The molecule has 6 nitrogen and oxygen atoms in total. The zero-order valence-corrected chi connectivity index (χ0v) is 14.1. The highest BCUT2D eigenvalue weighted by atomic mass is 16.2. The van der Waals surface area contributed by atoms with Crippen LogP contribution in [0.2, 0.25) is 0 Å². The maximum absolute atomic E-state index is 12.4. The van der Waals surface area contributed by atoms with Crippen LogP contribution < -0.4 is 5.32 Å². The Morgan fingerprint density at radius 2 is 1.74 bits per heavy atom. The molecule has 2 saturated heterocycles. The van der Waals surface area contributed by atoms with E-state index in [0.29, 0.717) is 25.4 Å². The van der Waals surface area contributed by atoms with Crippen LogP contribution in [-0.2, 0) is 4.79 Å². The Labute approximate surface area is 139 Å². The number of likely N-dealkylation sites (tertiary alicyclic amines) is 1. The van der Waals surface area contributed by atoms with E-state index in [1.165, 1.54) is 0 Å². The molecule has 0 aromatic rings. The first-order chi connectivity index (χ1) is 11.1. The minimum atomic E-state index is -0.0941. The molecule has 23 heavy (non-hydrogen) atoms. The number of piperidine rings is 1. The minimum absolute atomic E-state index is 0.0941. The largest absolute Gasteiger partial charge is 0.340 e. The highest BCUT2D eigenvalue weighted by Gasteiger charge is 2.27. The normalized spacial score (nSPS) is 20.2. The molecular formula is C17H28N4O2. The summed E-state index contributed by atoms with van der Waals surface area (Å²) in [6.07, 6.45) is 7.55. The summed E-state index contributed by atoms with van der Waals surface area (Å²) in [6.45, 7) is 8.55. The van der Waals surface area contributed by atoms with Gasteiger partial charge in [-0.05, 0) is 25.3 Å². The van der Waals surface area contributed by atoms with E-state index in [0.717, 1.165) is 45.6 Å². The number of nitrogens with one attached hydrogen (secondary N) is 1. The predicted octanol–water partition coefficient (Wildman–Crippen LogP) is 0.595. The fraction of sp³-hybridized carbons (Fsp3) is 0.765. The number of piperazine rings is 1. The van der Waals surface area contributed by atoms with Gasteiger partial charge in [-0.1, -0.05) is 12.8 Å². The van der Waals surface area contributed by atoms with E-state index in [4.69, 9.17) is 6.42 Å². The van der Waals surface area contributed by atoms with E-state index in [2.05, 4.69) is 23.1 Å². The molecule has 0 atom stereocenters. The van der Waals surface area contributed by atoms with Crippen molar-refractivity contribution in [3.8, 4) is 12.3 Å². The first kappa shape index (κ1) is 17.6. The van der Waals surface area contributed by atoms with E-state index in [1.54, 1.807) is 4.90 Å². The van der Waals surface area contributed by atoms with Gasteiger partial charge in [-0.25, -0.2) is 4.79 Å². The third kappa shape index (κ3) is 5.14. The zero-order chi connectivity index (χ0) is 16.7. The number of carbonyl (C=O) groups is 2. The topological polar surface area (TPSA) is 55.9 Å². The summed E-state index contributed by atoms with van der Waals surface area (Å²) in [7, 11) is 0. The number of hydrogen-bond donors (Lipinski definition) is 1. The number of urea groups is 1. The molecule has 1 N–H and O–H groups in total. The predicted molar refractivity (Wildman–Crippen MR) is 89.8 cm³/mol. The molecule has 2 aliphatic heterocycles. The summed E-state index contributed by atoms with van der Waals surface area (Å²) in [4.78, 5) is 30.4. The van der Waals surface area contributed by atoms with Crippen molar-refractivity contribution < 1.29 is 9.59 Å². The molecule has 6 heteroatoms. The second-order valence-electron chi connectivity index (χ2n) is 6.31. The lowest BCUT2D eigenvalue weighted by Crippen LogP contribution is -2.49. The molecule has 0 aromatic carbocycles. The number of likely N-dealkylation sites (N-methyl/N-ethyl adjacent to an activating group) is 1. The molecule has 2 rings (SSSR count). The Balaban J connectivity index is 1.69. The van der Waals surface area contributed by atoms with Crippen molar-refractivity contribution in [1.82, 2.24) is 20.0 Å². The Hall–Kier alpha value is -1.74. The van der Waals surface area contributed by atoms with Gasteiger partial charge in [-0.3, -0.25) is 4.79 Å². The average Bonchev–Trinajstić information content (AvgIpc) is 2.60. The molecule has 0 unspecified atom stereocenters. The van der Waals surface area contributed by atoms with Crippen LogP contribution in [0.15, 0.2) is 0 Å². The zero-order valence-electron chi connectivity index (χ0n) is 14.1. The van der Waals surface area contributed by atoms with Crippen LogP contribution in [0.4, 0.5) is 4.79 Å². The Bertz CT molecular complexity index is 444. The fourth-order valence-corrected chi connectivity index (χ4v) is 3.27. The van der Waals surface area contributed by atoms with Crippen LogP contribution >= 0.6 is 0 Å². The van der Waals surface area contributed by atoms with Crippen molar-refractivity contribution in [2.45, 2.75) is 26.2 Å². The van der Waals surface area contributed by atoms with Crippen LogP contribution in [0, 0.1) is 18.3 Å². The van der Waals surface area contributed by atoms with Gasteiger partial charge in [0.1, 0.15) is 0 Å². The number of amides is 3.